The maximum absolute atomic E-state index is 8.89. The van der Waals surface area contributed by atoms with Crippen molar-refractivity contribution in [2.24, 2.45) is 0 Å². The lowest BCUT2D eigenvalue weighted by molar-refractivity contribution is 0.0493. The van der Waals surface area contributed by atoms with Crippen molar-refractivity contribution in [3.63, 3.8) is 0 Å². The Hall–Kier alpha value is 0.620. The Morgan fingerprint density at radius 3 is 1.62 bits per heavy atom. The van der Waals surface area contributed by atoms with Crippen LogP contribution >= 0.6 is 21.6 Å². The van der Waals surface area contributed by atoms with Crippen LogP contribution in [-0.4, -0.2) is 33.9 Å². The van der Waals surface area contributed by atoms with E-state index in [1.54, 1.807) is 21.6 Å². The zero-order valence-electron chi connectivity index (χ0n) is 4.28. The molecule has 2 nitrogen and oxygen atoms in total. The van der Waals surface area contributed by atoms with E-state index in [0.717, 1.165) is 0 Å². The highest BCUT2D eigenvalue weighted by atomic mass is 33.1. The number of aliphatic hydroxyl groups is 2. The van der Waals surface area contributed by atoms with Gasteiger partial charge in [-0.25, -0.2) is 0 Å². The van der Waals surface area contributed by atoms with Crippen LogP contribution < -0.4 is 0 Å². The minimum absolute atomic E-state index is 0.499. The van der Waals surface area contributed by atoms with Crippen molar-refractivity contribution in [3.8, 4) is 0 Å². The van der Waals surface area contributed by atoms with E-state index >= 15 is 0 Å². The smallest absolute Gasteiger partial charge is 0.0906 e. The quantitative estimate of drug-likeness (QED) is 0.483. The van der Waals surface area contributed by atoms with Crippen molar-refractivity contribution in [2.75, 3.05) is 11.5 Å². The average molecular weight is 152 g/mol. The van der Waals surface area contributed by atoms with E-state index in [9.17, 15) is 0 Å². The molecule has 1 aliphatic heterocycles. The molecule has 1 rings (SSSR count). The third-order valence-corrected chi connectivity index (χ3v) is 3.44. The highest BCUT2D eigenvalue weighted by molar-refractivity contribution is 8.76. The molecule has 4 heteroatoms. The summed E-state index contributed by atoms with van der Waals surface area (Å²) in [6.07, 6.45) is -0.998. The molecule has 1 fully saturated rings. The topological polar surface area (TPSA) is 40.5 Å². The summed E-state index contributed by atoms with van der Waals surface area (Å²) in [7, 11) is 3.23. The largest absolute Gasteiger partial charge is 0.390 e. The third kappa shape index (κ3) is 1.55. The summed E-state index contributed by atoms with van der Waals surface area (Å²) in [4.78, 5) is 0. The summed E-state index contributed by atoms with van der Waals surface area (Å²) in [5.41, 5.74) is 0. The second-order valence-corrected chi connectivity index (χ2v) is 4.26. The van der Waals surface area contributed by atoms with Crippen molar-refractivity contribution in [3.05, 3.63) is 0 Å². The molecule has 1 saturated heterocycles. The fourth-order valence-electron chi connectivity index (χ4n) is 0.458. The Balaban J connectivity index is 2.28. The second-order valence-electron chi connectivity index (χ2n) is 1.70. The number of hydrogen-bond acceptors (Lipinski definition) is 4. The first-order valence-electron chi connectivity index (χ1n) is 2.41. The molecule has 0 bridgehead atoms. The van der Waals surface area contributed by atoms with Crippen LogP contribution in [0.5, 0.6) is 0 Å². The molecule has 1 aliphatic rings. The molecule has 1 heterocycles. The Morgan fingerprint density at radius 2 is 1.38 bits per heavy atom. The number of rotatable bonds is 0. The number of aliphatic hydroxyl groups excluding tert-OH is 2. The predicted octanol–water partition coefficient (Wildman–Crippen LogP) is 0.103. The molecule has 0 aromatic carbocycles. The van der Waals surface area contributed by atoms with Crippen LogP contribution in [0.2, 0.25) is 0 Å². The van der Waals surface area contributed by atoms with Crippen LogP contribution in [0.1, 0.15) is 0 Å². The van der Waals surface area contributed by atoms with E-state index in [-0.39, 0.29) is 0 Å². The SMILES string of the molecule is OC1CSSC[C@H]1O. The van der Waals surface area contributed by atoms with Crippen molar-refractivity contribution in [1.29, 1.82) is 0 Å². The first-order valence-corrected chi connectivity index (χ1v) is 4.90. The molecule has 0 saturated carbocycles. The molecule has 0 amide bonds. The maximum Gasteiger partial charge on any atom is 0.0906 e. The molecule has 0 aromatic heterocycles. The van der Waals surface area contributed by atoms with E-state index in [4.69, 9.17) is 10.2 Å². The van der Waals surface area contributed by atoms with Crippen molar-refractivity contribution in [2.45, 2.75) is 12.2 Å². The Labute approximate surface area is 56.1 Å². The van der Waals surface area contributed by atoms with Gasteiger partial charge in [0.2, 0.25) is 0 Å². The van der Waals surface area contributed by atoms with E-state index in [1.807, 2.05) is 0 Å². The van der Waals surface area contributed by atoms with Crippen LogP contribution in [-0.2, 0) is 0 Å². The molecule has 2 N–H and O–H groups in total. The first kappa shape index (κ1) is 6.74. The van der Waals surface area contributed by atoms with Crippen LogP contribution in [0.15, 0.2) is 0 Å². The standard InChI is InChI=1S/C4H8O2S2/c5-3-1-7-8-2-4(3)6/h3-6H,1-2H2/t3-,4?/m1/s1. The molecule has 8 heavy (non-hydrogen) atoms. The van der Waals surface area contributed by atoms with Gasteiger partial charge in [-0.15, -0.1) is 0 Å². The van der Waals surface area contributed by atoms with E-state index in [1.165, 1.54) is 0 Å². The highest BCUT2D eigenvalue weighted by Crippen LogP contribution is 2.29. The van der Waals surface area contributed by atoms with Gasteiger partial charge in [-0.1, -0.05) is 21.6 Å². The van der Waals surface area contributed by atoms with Gasteiger partial charge in [0.15, 0.2) is 0 Å². The number of hydrogen-bond donors (Lipinski definition) is 2. The molecule has 48 valence electrons. The van der Waals surface area contributed by atoms with Crippen LogP contribution in [0.3, 0.4) is 0 Å². The van der Waals surface area contributed by atoms with Crippen LogP contribution in [0.4, 0.5) is 0 Å². The van der Waals surface area contributed by atoms with E-state index < -0.39 is 12.2 Å². The summed E-state index contributed by atoms with van der Waals surface area (Å²) < 4.78 is 0. The van der Waals surface area contributed by atoms with E-state index in [2.05, 4.69) is 0 Å². The zero-order valence-corrected chi connectivity index (χ0v) is 5.91. The van der Waals surface area contributed by atoms with Gasteiger partial charge in [-0.05, 0) is 0 Å². The van der Waals surface area contributed by atoms with Gasteiger partial charge >= 0.3 is 0 Å². The van der Waals surface area contributed by atoms with Gasteiger partial charge in [-0.2, -0.15) is 0 Å². The van der Waals surface area contributed by atoms with Gasteiger partial charge in [0.1, 0.15) is 0 Å². The lowest BCUT2D eigenvalue weighted by Crippen LogP contribution is -2.32. The first-order chi connectivity index (χ1) is 3.80. The summed E-state index contributed by atoms with van der Waals surface area (Å²) in [5.74, 6) is 1.32. The van der Waals surface area contributed by atoms with Crippen LogP contribution in [0, 0.1) is 0 Å². The molecule has 2 atom stereocenters. The van der Waals surface area contributed by atoms with Crippen molar-refractivity contribution >= 4 is 21.6 Å². The lowest BCUT2D eigenvalue weighted by Gasteiger charge is -2.20. The second kappa shape index (κ2) is 2.96. The predicted molar refractivity (Wildman–Crippen MR) is 36.9 cm³/mol. The summed E-state index contributed by atoms with van der Waals surface area (Å²) in [6, 6.07) is 0. The summed E-state index contributed by atoms with van der Waals surface area (Å²) in [6.45, 7) is 0. The van der Waals surface area contributed by atoms with Gasteiger partial charge in [0.05, 0.1) is 12.2 Å². The van der Waals surface area contributed by atoms with E-state index in [0.29, 0.717) is 11.5 Å². The minimum atomic E-state index is -0.499. The molecule has 1 unspecified atom stereocenters. The van der Waals surface area contributed by atoms with Gasteiger partial charge in [0, 0.05) is 11.5 Å². The fraction of sp³-hybridized carbons (Fsp3) is 1.00. The molecule has 0 spiro atoms. The summed E-state index contributed by atoms with van der Waals surface area (Å²) >= 11 is 0. The van der Waals surface area contributed by atoms with Gasteiger partial charge in [-0.3, -0.25) is 0 Å². The normalized spacial score (nSPS) is 39.8. The Kier molecular flexibility index (Phi) is 2.49. The monoisotopic (exact) mass is 152 g/mol. The molecular formula is C4H8O2S2. The van der Waals surface area contributed by atoms with Gasteiger partial charge < -0.3 is 10.2 Å². The average Bonchev–Trinajstić information content (AvgIpc) is 1.77. The van der Waals surface area contributed by atoms with Crippen LogP contribution in [0.25, 0.3) is 0 Å². The Bertz CT molecular complexity index is 68.4. The zero-order chi connectivity index (χ0) is 5.98. The fourth-order valence-corrected chi connectivity index (χ4v) is 2.79. The minimum Gasteiger partial charge on any atom is -0.390 e. The highest BCUT2D eigenvalue weighted by Gasteiger charge is 2.20. The van der Waals surface area contributed by atoms with Crippen molar-refractivity contribution < 1.29 is 10.2 Å². The van der Waals surface area contributed by atoms with Gasteiger partial charge in [0.25, 0.3) is 0 Å². The van der Waals surface area contributed by atoms with Crippen molar-refractivity contribution in [1.82, 2.24) is 0 Å². The summed E-state index contributed by atoms with van der Waals surface area (Å²) in [5, 5.41) is 17.8. The Morgan fingerprint density at radius 1 is 1.00 bits per heavy atom. The maximum atomic E-state index is 8.89. The third-order valence-electron chi connectivity index (χ3n) is 1.01. The molecule has 0 radical (unpaired) electrons. The molecule has 0 aromatic rings. The lowest BCUT2D eigenvalue weighted by atomic mass is 10.3. The molecule has 0 aliphatic carbocycles. The molecular weight excluding hydrogens is 144 g/mol.